The first kappa shape index (κ1) is 16.2. The van der Waals surface area contributed by atoms with E-state index in [9.17, 15) is 8.42 Å². The van der Waals surface area contributed by atoms with E-state index in [1.807, 2.05) is 19.0 Å². The van der Waals surface area contributed by atoms with Gasteiger partial charge in [-0.05, 0) is 24.3 Å². The summed E-state index contributed by atoms with van der Waals surface area (Å²) in [4.78, 5) is 1.93. The van der Waals surface area contributed by atoms with Gasteiger partial charge in [0.15, 0.2) is 0 Å². The predicted octanol–water partition coefficient (Wildman–Crippen LogP) is 1.29. The molecule has 106 valence electrons. The predicted molar refractivity (Wildman–Crippen MR) is 82.1 cm³/mol. The van der Waals surface area contributed by atoms with Crippen molar-refractivity contribution in [3.05, 3.63) is 24.3 Å². The fraction of sp³-hybridized carbons (Fsp3) is 0.364. The number of nitrogens with zero attached hydrogens (tertiary/aromatic N) is 1. The number of ether oxygens (including phenoxy) is 1. The second-order valence-corrected chi connectivity index (χ2v) is 7.16. The monoisotopic (exact) mass is 320 g/mol. The topological polar surface area (TPSA) is 72.6 Å². The van der Waals surface area contributed by atoms with Crippen LogP contribution in [-0.4, -0.2) is 44.1 Å². The summed E-state index contributed by atoms with van der Waals surface area (Å²) in [6.45, 7) is 0.493. The quantitative estimate of drug-likeness (QED) is 0.651. The highest BCUT2D eigenvalue weighted by Gasteiger charge is 2.07. The Bertz CT molecular complexity index is 527. The summed E-state index contributed by atoms with van der Waals surface area (Å²) in [7, 11) is 0.134. The Kier molecular flexibility index (Phi) is 6.05. The van der Waals surface area contributed by atoms with Crippen molar-refractivity contribution in [1.29, 1.82) is 0 Å². The molecular weight excluding hydrogens is 304 g/mol. The number of sulfonamides is 1. The summed E-state index contributed by atoms with van der Waals surface area (Å²) in [5, 5.41) is 5.00. The standard InChI is InChI=1S/C11H16N2O3S3/c1-13(2)11(17)18-8-7-16-9-3-5-10(6-4-9)19(12,14)15/h3-6H,7-8H2,1-2H3,(H2,12,14,15). The van der Waals surface area contributed by atoms with Gasteiger partial charge in [-0.1, -0.05) is 24.0 Å². The van der Waals surface area contributed by atoms with Crippen LogP contribution in [0.1, 0.15) is 0 Å². The van der Waals surface area contributed by atoms with Gasteiger partial charge in [-0.15, -0.1) is 0 Å². The number of hydrogen-bond acceptors (Lipinski definition) is 5. The molecule has 2 N–H and O–H groups in total. The fourth-order valence-electron chi connectivity index (χ4n) is 1.14. The zero-order chi connectivity index (χ0) is 14.5. The molecule has 0 saturated carbocycles. The lowest BCUT2D eigenvalue weighted by Gasteiger charge is -2.12. The average molecular weight is 320 g/mol. The van der Waals surface area contributed by atoms with E-state index in [1.165, 1.54) is 23.9 Å². The van der Waals surface area contributed by atoms with E-state index in [0.717, 1.165) is 10.1 Å². The molecule has 0 amide bonds. The highest BCUT2D eigenvalue weighted by Crippen LogP contribution is 2.15. The third-order valence-electron chi connectivity index (χ3n) is 2.10. The number of thioether (sulfide) groups is 1. The summed E-state index contributed by atoms with van der Waals surface area (Å²) >= 11 is 6.65. The average Bonchev–Trinajstić information content (AvgIpc) is 2.33. The minimum Gasteiger partial charge on any atom is -0.493 e. The molecule has 5 nitrogen and oxygen atoms in total. The van der Waals surface area contributed by atoms with Gasteiger partial charge in [0.25, 0.3) is 0 Å². The maximum atomic E-state index is 11.1. The lowest BCUT2D eigenvalue weighted by molar-refractivity contribution is 0.344. The zero-order valence-electron chi connectivity index (χ0n) is 10.7. The highest BCUT2D eigenvalue weighted by molar-refractivity contribution is 8.22. The third-order valence-corrected chi connectivity index (χ3v) is 4.73. The second kappa shape index (κ2) is 7.09. The molecule has 0 heterocycles. The molecule has 0 aliphatic rings. The van der Waals surface area contributed by atoms with Crippen LogP contribution >= 0.6 is 24.0 Å². The van der Waals surface area contributed by atoms with E-state index < -0.39 is 10.0 Å². The van der Waals surface area contributed by atoms with Gasteiger partial charge in [-0.25, -0.2) is 13.6 Å². The van der Waals surface area contributed by atoms with E-state index in [1.54, 1.807) is 12.1 Å². The van der Waals surface area contributed by atoms with Crippen molar-refractivity contribution in [2.24, 2.45) is 5.14 Å². The third kappa shape index (κ3) is 5.77. The van der Waals surface area contributed by atoms with Crippen LogP contribution in [0, 0.1) is 0 Å². The van der Waals surface area contributed by atoms with Crippen molar-refractivity contribution in [3.63, 3.8) is 0 Å². The van der Waals surface area contributed by atoms with Crippen LogP contribution in [0.15, 0.2) is 29.2 Å². The first-order valence-corrected chi connectivity index (χ1v) is 8.34. The molecule has 1 aromatic rings. The van der Waals surface area contributed by atoms with E-state index in [4.69, 9.17) is 22.1 Å². The highest BCUT2D eigenvalue weighted by atomic mass is 32.2. The summed E-state index contributed by atoms with van der Waals surface area (Å²) in [5.74, 6) is 1.33. The normalized spacial score (nSPS) is 11.1. The number of primary sulfonamides is 1. The number of hydrogen-bond donors (Lipinski definition) is 1. The molecule has 8 heteroatoms. The Morgan fingerprint density at radius 2 is 1.95 bits per heavy atom. The Morgan fingerprint density at radius 3 is 2.42 bits per heavy atom. The van der Waals surface area contributed by atoms with Crippen LogP contribution in [0.5, 0.6) is 5.75 Å². The van der Waals surface area contributed by atoms with Crippen molar-refractivity contribution in [2.45, 2.75) is 4.90 Å². The van der Waals surface area contributed by atoms with Crippen molar-refractivity contribution < 1.29 is 13.2 Å². The van der Waals surface area contributed by atoms with Crippen molar-refractivity contribution in [1.82, 2.24) is 4.90 Å². The minimum absolute atomic E-state index is 0.0722. The Morgan fingerprint density at radius 1 is 1.37 bits per heavy atom. The van der Waals surface area contributed by atoms with Gasteiger partial charge in [-0.2, -0.15) is 0 Å². The molecule has 0 bridgehead atoms. The molecule has 19 heavy (non-hydrogen) atoms. The van der Waals surface area contributed by atoms with E-state index >= 15 is 0 Å². The smallest absolute Gasteiger partial charge is 0.238 e. The molecule has 1 aromatic carbocycles. The number of benzene rings is 1. The maximum absolute atomic E-state index is 11.1. The van der Waals surface area contributed by atoms with Crippen LogP contribution in [0.2, 0.25) is 0 Å². The lowest BCUT2D eigenvalue weighted by Crippen LogP contribution is -2.17. The first-order chi connectivity index (χ1) is 8.80. The molecule has 0 aliphatic carbocycles. The van der Waals surface area contributed by atoms with Gasteiger partial charge < -0.3 is 9.64 Å². The maximum Gasteiger partial charge on any atom is 0.238 e. The molecular formula is C11H16N2O3S3. The summed E-state index contributed by atoms with van der Waals surface area (Å²) in [6.07, 6.45) is 0. The molecule has 0 spiro atoms. The van der Waals surface area contributed by atoms with Crippen LogP contribution < -0.4 is 9.88 Å². The van der Waals surface area contributed by atoms with Crippen molar-refractivity contribution in [2.75, 3.05) is 26.5 Å². The van der Waals surface area contributed by atoms with Crippen LogP contribution in [0.3, 0.4) is 0 Å². The summed E-state index contributed by atoms with van der Waals surface area (Å²) in [6, 6.07) is 5.99. The molecule has 0 unspecified atom stereocenters. The lowest BCUT2D eigenvalue weighted by atomic mass is 10.3. The van der Waals surface area contributed by atoms with Crippen molar-refractivity contribution in [3.8, 4) is 5.75 Å². The van der Waals surface area contributed by atoms with Gasteiger partial charge in [0.2, 0.25) is 10.0 Å². The largest absolute Gasteiger partial charge is 0.493 e. The summed E-state index contributed by atoms with van der Waals surface area (Å²) in [5.41, 5.74) is 0. The Labute approximate surface area is 123 Å². The molecule has 0 atom stereocenters. The second-order valence-electron chi connectivity index (χ2n) is 3.87. The molecule has 0 saturated heterocycles. The minimum atomic E-state index is -3.65. The van der Waals surface area contributed by atoms with Crippen LogP contribution in [0.25, 0.3) is 0 Å². The Balaban J connectivity index is 2.41. The molecule has 1 rings (SSSR count). The van der Waals surface area contributed by atoms with Crippen LogP contribution in [-0.2, 0) is 10.0 Å². The van der Waals surface area contributed by atoms with Gasteiger partial charge >= 0.3 is 0 Å². The number of nitrogens with two attached hydrogens (primary N) is 1. The first-order valence-electron chi connectivity index (χ1n) is 5.40. The van der Waals surface area contributed by atoms with Gasteiger partial charge in [-0.3, -0.25) is 0 Å². The van der Waals surface area contributed by atoms with E-state index in [2.05, 4.69) is 0 Å². The van der Waals surface area contributed by atoms with E-state index in [0.29, 0.717) is 12.4 Å². The SMILES string of the molecule is CN(C)C(=S)SCCOc1ccc(S(N)(=O)=O)cc1. The zero-order valence-corrected chi connectivity index (χ0v) is 13.1. The summed E-state index contributed by atoms with van der Waals surface area (Å²) < 4.78 is 28.4. The van der Waals surface area contributed by atoms with E-state index in [-0.39, 0.29) is 4.90 Å². The van der Waals surface area contributed by atoms with Crippen molar-refractivity contribution >= 4 is 38.3 Å². The molecule has 0 radical (unpaired) electrons. The Hall–Kier alpha value is -0.830. The number of thiocarbonyl (C=S) groups is 1. The molecule has 0 aliphatic heterocycles. The van der Waals surface area contributed by atoms with Gasteiger partial charge in [0.05, 0.1) is 11.5 Å². The number of rotatable bonds is 5. The fourth-order valence-corrected chi connectivity index (χ4v) is 2.51. The molecule has 0 fully saturated rings. The van der Waals surface area contributed by atoms with Crippen LogP contribution in [0.4, 0.5) is 0 Å². The van der Waals surface area contributed by atoms with Gasteiger partial charge in [0.1, 0.15) is 10.1 Å². The van der Waals surface area contributed by atoms with Gasteiger partial charge in [0, 0.05) is 19.8 Å². The molecule has 0 aromatic heterocycles.